The molecular formula is C19H27N3O5. The smallest absolute Gasteiger partial charge is 0.305 e. The van der Waals surface area contributed by atoms with E-state index in [1.807, 2.05) is 0 Å². The van der Waals surface area contributed by atoms with E-state index in [-0.39, 0.29) is 36.2 Å². The number of methoxy groups -OCH3 is 1. The highest BCUT2D eigenvalue weighted by Crippen LogP contribution is 2.45. The Bertz CT molecular complexity index is 672. The molecule has 8 heteroatoms. The predicted octanol–water partition coefficient (Wildman–Crippen LogP) is 0.0334. The van der Waals surface area contributed by atoms with Crippen LogP contribution in [0.5, 0.6) is 0 Å². The Morgan fingerprint density at radius 1 is 1.30 bits per heavy atom. The zero-order chi connectivity index (χ0) is 19.8. The van der Waals surface area contributed by atoms with Gasteiger partial charge in [-0.3, -0.25) is 19.2 Å². The van der Waals surface area contributed by atoms with Crippen LogP contribution in [0.15, 0.2) is 12.7 Å². The first-order chi connectivity index (χ1) is 12.8. The molecule has 2 saturated carbocycles. The molecule has 1 aliphatic heterocycles. The van der Waals surface area contributed by atoms with E-state index in [0.29, 0.717) is 44.8 Å². The number of carbonyl (C=O) groups excluding carboxylic acids is 4. The molecule has 0 aromatic heterocycles. The average molecular weight is 377 g/mol. The van der Waals surface area contributed by atoms with Crippen molar-refractivity contribution < 1.29 is 23.9 Å². The highest BCUT2D eigenvalue weighted by Gasteiger charge is 2.59. The fourth-order valence-electron chi connectivity index (χ4n) is 3.95. The Hall–Kier alpha value is -2.38. The maximum absolute atomic E-state index is 12.8. The first-order valence-corrected chi connectivity index (χ1v) is 9.36. The molecule has 2 unspecified atom stereocenters. The second-order valence-corrected chi connectivity index (χ2v) is 7.76. The third kappa shape index (κ3) is 3.84. The van der Waals surface area contributed by atoms with Gasteiger partial charge < -0.3 is 19.4 Å². The molecule has 27 heavy (non-hydrogen) atoms. The number of nitrogens with zero attached hydrogens (tertiary/aromatic N) is 3. The van der Waals surface area contributed by atoms with Crippen molar-refractivity contribution in [2.75, 3.05) is 40.3 Å². The van der Waals surface area contributed by atoms with Crippen LogP contribution in [0.1, 0.15) is 25.7 Å². The van der Waals surface area contributed by atoms with Gasteiger partial charge in [-0.1, -0.05) is 6.58 Å². The lowest BCUT2D eigenvalue weighted by Gasteiger charge is -2.41. The van der Waals surface area contributed by atoms with Gasteiger partial charge in [-0.25, -0.2) is 0 Å². The third-order valence-corrected chi connectivity index (χ3v) is 5.95. The summed E-state index contributed by atoms with van der Waals surface area (Å²) in [4.78, 5) is 53.5. The Morgan fingerprint density at radius 2 is 2.00 bits per heavy atom. The third-order valence-electron chi connectivity index (χ3n) is 5.95. The molecule has 1 saturated heterocycles. The molecule has 0 radical (unpaired) electrons. The lowest BCUT2D eigenvalue weighted by Crippen LogP contribution is -2.61. The van der Waals surface area contributed by atoms with Crippen molar-refractivity contribution in [1.82, 2.24) is 14.7 Å². The van der Waals surface area contributed by atoms with Crippen molar-refractivity contribution in [3.8, 4) is 0 Å². The Morgan fingerprint density at radius 3 is 2.59 bits per heavy atom. The van der Waals surface area contributed by atoms with E-state index in [1.165, 1.54) is 13.2 Å². The second kappa shape index (κ2) is 7.32. The van der Waals surface area contributed by atoms with Gasteiger partial charge in [0.25, 0.3) is 0 Å². The quantitative estimate of drug-likeness (QED) is 0.462. The number of ether oxygens (including phenoxy) is 1. The molecule has 3 aliphatic rings. The van der Waals surface area contributed by atoms with Crippen LogP contribution in [0.2, 0.25) is 0 Å². The van der Waals surface area contributed by atoms with Crippen molar-refractivity contribution in [2.45, 2.75) is 31.2 Å². The molecule has 148 valence electrons. The summed E-state index contributed by atoms with van der Waals surface area (Å²) in [7, 11) is 3.10. The Balaban J connectivity index is 1.50. The standard InChI is InChI=1S/C19H27N3O5/c1-4-15(23)22-8-7-21(18(26)19(22)5-6-19)12-16(24)20(2)11-14-9-13(14)10-17(25)27-3/h4,13-14H,1,5-12H2,2-3H3. The summed E-state index contributed by atoms with van der Waals surface area (Å²) in [6.07, 6.45) is 3.83. The summed E-state index contributed by atoms with van der Waals surface area (Å²) in [6, 6.07) is 0. The molecule has 3 amide bonds. The van der Waals surface area contributed by atoms with Gasteiger partial charge in [-0.15, -0.1) is 0 Å². The summed E-state index contributed by atoms with van der Waals surface area (Å²) < 4.78 is 4.68. The summed E-state index contributed by atoms with van der Waals surface area (Å²) >= 11 is 0. The maximum Gasteiger partial charge on any atom is 0.305 e. The molecule has 8 nitrogen and oxygen atoms in total. The van der Waals surface area contributed by atoms with Crippen molar-refractivity contribution in [1.29, 1.82) is 0 Å². The van der Waals surface area contributed by atoms with E-state index in [2.05, 4.69) is 11.3 Å². The van der Waals surface area contributed by atoms with Crippen LogP contribution in [0.4, 0.5) is 0 Å². The highest BCUT2D eigenvalue weighted by atomic mass is 16.5. The molecule has 0 N–H and O–H groups in total. The van der Waals surface area contributed by atoms with E-state index >= 15 is 0 Å². The number of amides is 3. The number of rotatable bonds is 7. The zero-order valence-corrected chi connectivity index (χ0v) is 16.0. The maximum atomic E-state index is 12.8. The van der Waals surface area contributed by atoms with Crippen LogP contribution in [-0.2, 0) is 23.9 Å². The number of carbonyl (C=O) groups is 4. The zero-order valence-electron chi connectivity index (χ0n) is 16.0. The molecule has 0 aromatic carbocycles. The topological polar surface area (TPSA) is 87.2 Å². The van der Waals surface area contributed by atoms with Gasteiger partial charge >= 0.3 is 5.97 Å². The van der Waals surface area contributed by atoms with Gasteiger partial charge in [0.1, 0.15) is 5.54 Å². The van der Waals surface area contributed by atoms with Gasteiger partial charge in [-0.05, 0) is 37.2 Å². The first-order valence-electron chi connectivity index (χ1n) is 9.36. The van der Waals surface area contributed by atoms with Gasteiger partial charge in [0.15, 0.2) is 0 Å². The molecule has 2 atom stereocenters. The predicted molar refractivity (Wildman–Crippen MR) is 96.3 cm³/mol. The Labute approximate surface area is 159 Å². The minimum absolute atomic E-state index is 0.0294. The van der Waals surface area contributed by atoms with Crippen LogP contribution >= 0.6 is 0 Å². The van der Waals surface area contributed by atoms with E-state index in [0.717, 1.165) is 6.42 Å². The van der Waals surface area contributed by atoms with E-state index in [1.54, 1.807) is 21.7 Å². The fourth-order valence-corrected chi connectivity index (χ4v) is 3.95. The first kappa shape index (κ1) is 19.4. The minimum Gasteiger partial charge on any atom is -0.469 e. The van der Waals surface area contributed by atoms with E-state index in [4.69, 9.17) is 0 Å². The largest absolute Gasteiger partial charge is 0.469 e. The molecule has 1 heterocycles. The summed E-state index contributed by atoms with van der Waals surface area (Å²) in [5.74, 6) is -0.117. The van der Waals surface area contributed by atoms with E-state index in [9.17, 15) is 19.2 Å². The Kier molecular flexibility index (Phi) is 5.26. The van der Waals surface area contributed by atoms with Gasteiger partial charge in [-0.2, -0.15) is 0 Å². The van der Waals surface area contributed by atoms with Crippen LogP contribution in [0, 0.1) is 11.8 Å². The normalized spacial score (nSPS) is 25.2. The van der Waals surface area contributed by atoms with Crippen LogP contribution in [-0.4, -0.2) is 84.3 Å². The molecule has 0 bridgehead atoms. The number of likely N-dealkylation sites (N-methyl/N-ethyl adjacent to an activating group) is 1. The number of esters is 1. The summed E-state index contributed by atoms with van der Waals surface area (Å²) in [5.41, 5.74) is -0.759. The SMILES string of the molecule is C=CC(=O)N1CCN(CC(=O)N(C)CC2CC2CC(=O)OC)C(=O)C12CC2. The van der Waals surface area contributed by atoms with Crippen LogP contribution in [0.3, 0.4) is 0 Å². The highest BCUT2D eigenvalue weighted by molar-refractivity contribution is 5.99. The minimum atomic E-state index is -0.759. The molecule has 0 aromatic rings. The number of piperazine rings is 1. The molecular weight excluding hydrogens is 350 g/mol. The lowest BCUT2D eigenvalue weighted by molar-refractivity contribution is -0.154. The summed E-state index contributed by atoms with van der Waals surface area (Å²) in [6.45, 7) is 4.89. The van der Waals surface area contributed by atoms with E-state index < -0.39 is 5.54 Å². The molecule has 3 rings (SSSR count). The summed E-state index contributed by atoms with van der Waals surface area (Å²) in [5, 5.41) is 0. The van der Waals surface area contributed by atoms with Crippen molar-refractivity contribution in [3.05, 3.63) is 12.7 Å². The van der Waals surface area contributed by atoms with Crippen molar-refractivity contribution >= 4 is 23.7 Å². The van der Waals surface area contributed by atoms with Crippen LogP contribution in [0.25, 0.3) is 0 Å². The second-order valence-electron chi connectivity index (χ2n) is 7.76. The van der Waals surface area contributed by atoms with Gasteiger partial charge in [0, 0.05) is 33.1 Å². The fraction of sp³-hybridized carbons (Fsp3) is 0.684. The monoisotopic (exact) mass is 377 g/mol. The van der Waals surface area contributed by atoms with Crippen molar-refractivity contribution in [2.24, 2.45) is 11.8 Å². The lowest BCUT2D eigenvalue weighted by atomic mass is 10.1. The number of hydrogen-bond acceptors (Lipinski definition) is 5. The van der Waals surface area contributed by atoms with Crippen LogP contribution < -0.4 is 0 Å². The molecule has 3 fully saturated rings. The number of hydrogen-bond donors (Lipinski definition) is 0. The average Bonchev–Trinajstić information content (AvgIpc) is 3.57. The van der Waals surface area contributed by atoms with Crippen molar-refractivity contribution in [3.63, 3.8) is 0 Å². The molecule has 2 aliphatic carbocycles. The van der Waals surface area contributed by atoms with Gasteiger partial charge in [0.05, 0.1) is 13.7 Å². The van der Waals surface area contributed by atoms with Gasteiger partial charge in [0.2, 0.25) is 17.7 Å². The molecule has 1 spiro atoms.